The summed E-state index contributed by atoms with van der Waals surface area (Å²) >= 11 is 0. The molecule has 2 rings (SSSR count). The summed E-state index contributed by atoms with van der Waals surface area (Å²) in [5, 5.41) is 24.2. The van der Waals surface area contributed by atoms with Gasteiger partial charge < -0.3 is 19.9 Å². The minimum Gasteiger partial charge on any atom is -0.493 e. The van der Waals surface area contributed by atoms with E-state index in [0.717, 1.165) is 12.8 Å². The summed E-state index contributed by atoms with van der Waals surface area (Å²) in [7, 11) is 1.42. The molecule has 21 heavy (non-hydrogen) atoms. The fourth-order valence-electron chi connectivity index (χ4n) is 1.83. The van der Waals surface area contributed by atoms with E-state index in [-0.39, 0.29) is 18.0 Å². The molecule has 0 aliphatic heterocycles. The van der Waals surface area contributed by atoms with Gasteiger partial charge in [-0.2, -0.15) is 0 Å². The van der Waals surface area contributed by atoms with Crippen molar-refractivity contribution in [3.8, 4) is 11.5 Å². The summed E-state index contributed by atoms with van der Waals surface area (Å²) in [4.78, 5) is 10.2. The number of rotatable bonds is 8. The maximum Gasteiger partial charge on any atom is 0.273 e. The van der Waals surface area contributed by atoms with Crippen LogP contribution in [0.1, 0.15) is 19.8 Å². The summed E-state index contributed by atoms with van der Waals surface area (Å²) < 4.78 is 10.6. The molecule has 0 spiro atoms. The van der Waals surface area contributed by atoms with Gasteiger partial charge in [0.2, 0.25) is 0 Å². The van der Waals surface area contributed by atoms with Crippen molar-refractivity contribution in [2.45, 2.75) is 31.4 Å². The lowest BCUT2D eigenvalue weighted by Crippen LogP contribution is -2.43. The van der Waals surface area contributed by atoms with Crippen molar-refractivity contribution in [3.63, 3.8) is 0 Å². The maximum absolute atomic E-state index is 10.7. The molecule has 0 saturated heterocycles. The summed E-state index contributed by atoms with van der Waals surface area (Å²) in [5.74, 6) is 0.643. The van der Waals surface area contributed by atoms with Crippen LogP contribution in [0, 0.1) is 10.1 Å². The van der Waals surface area contributed by atoms with Crippen molar-refractivity contribution < 1.29 is 19.5 Å². The molecule has 0 bridgehead atoms. The van der Waals surface area contributed by atoms with Gasteiger partial charge in [0.25, 0.3) is 5.69 Å². The number of nitro groups is 1. The monoisotopic (exact) mass is 296 g/mol. The number of aliphatic hydroxyl groups is 1. The predicted molar refractivity (Wildman–Crippen MR) is 76.8 cm³/mol. The lowest BCUT2D eigenvalue weighted by atomic mass is 10.1. The van der Waals surface area contributed by atoms with Crippen LogP contribution in [0.2, 0.25) is 0 Å². The van der Waals surface area contributed by atoms with Gasteiger partial charge in [-0.05, 0) is 25.8 Å². The smallest absolute Gasteiger partial charge is 0.273 e. The van der Waals surface area contributed by atoms with Gasteiger partial charge in [0.15, 0.2) is 11.5 Å². The molecule has 0 amide bonds. The highest BCUT2D eigenvalue weighted by Crippen LogP contribution is 2.31. The molecule has 2 N–H and O–H groups in total. The molecule has 1 aliphatic carbocycles. The third-order valence-electron chi connectivity index (χ3n) is 3.25. The Bertz CT molecular complexity index is 514. The van der Waals surface area contributed by atoms with E-state index in [2.05, 4.69) is 5.32 Å². The molecule has 0 heterocycles. The topological polar surface area (TPSA) is 93.9 Å². The van der Waals surface area contributed by atoms with Gasteiger partial charge >= 0.3 is 0 Å². The number of methoxy groups -OCH3 is 1. The first-order chi connectivity index (χ1) is 9.91. The third-order valence-corrected chi connectivity index (χ3v) is 3.25. The second kappa shape index (κ2) is 6.28. The lowest BCUT2D eigenvalue weighted by molar-refractivity contribution is -0.385. The Kier molecular flexibility index (Phi) is 4.64. The van der Waals surface area contributed by atoms with Crippen molar-refractivity contribution in [2.75, 3.05) is 20.3 Å². The predicted octanol–water partition coefficient (Wildman–Crippen LogP) is 1.49. The van der Waals surface area contributed by atoms with Crippen LogP contribution in [-0.4, -0.2) is 41.9 Å². The quantitative estimate of drug-likeness (QED) is 0.557. The summed E-state index contributed by atoms with van der Waals surface area (Å²) in [6, 6.07) is 4.62. The molecule has 1 atom stereocenters. The van der Waals surface area contributed by atoms with Gasteiger partial charge in [-0.25, -0.2) is 0 Å². The SMILES string of the molecule is COc1cc([N+](=O)[O-])ccc1OCC(C)(O)CNC1CC1. The first-order valence-electron chi connectivity index (χ1n) is 6.82. The van der Waals surface area contributed by atoms with E-state index in [1.165, 1.54) is 25.3 Å². The second-order valence-corrected chi connectivity index (χ2v) is 5.53. The molecular weight excluding hydrogens is 276 g/mol. The summed E-state index contributed by atoms with van der Waals surface area (Å²) in [6.07, 6.45) is 2.29. The van der Waals surface area contributed by atoms with E-state index >= 15 is 0 Å². The molecule has 1 aromatic rings. The zero-order valence-electron chi connectivity index (χ0n) is 12.2. The normalized spacial score (nSPS) is 17.1. The van der Waals surface area contributed by atoms with Crippen LogP contribution in [0.5, 0.6) is 11.5 Å². The Morgan fingerprint density at radius 3 is 2.76 bits per heavy atom. The molecule has 1 aromatic carbocycles. The second-order valence-electron chi connectivity index (χ2n) is 5.53. The number of hydrogen-bond acceptors (Lipinski definition) is 6. The van der Waals surface area contributed by atoms with Crippen LogP contribution in [0.3, 0.4) is 0 Å². The first kappa shape index (κ1) is 15.5. The van der Waals surface area contributed by atoms with Crippen LogP contribution in [0.15, 0.2) is 18.2 Å². The van der Waals surface area contributed by atoms with E-state index in [1.54, 1.807) is 6.92 Å². The number of non-ortho nitro benzene ring substituents is 1. The molecule has 7 nitrogen and oxygen atoms in total. The minimum absolute atomic E-state index is 0.0682. The highest BCUT2D eigenvalue weighted by molar-refractivity contribution is 5.48. The van der Waals surface area contributed by atoms with E-state index in [0.29, 0.717) is 18.3 Å². The summed E-state index contributed by atoms with van der Waals surface area (Å²) in [6.45, 7) is 2.19. The Morgan fingerprint density at radius 1 is 1.48 bits per heavy atom. The number of nitrogens with zero attached hydrogens (tertiary/aromatic N) is 1. The fourth-order valence-corrected chi connectivity index (χ4v) is 1.83. The van der Waals surface area contributed by atoms with Crippen molar-refractivity contribution in [1.82, 2.24) is 5.32 Å². The molecule has 7 heteroatoms. The standard InChI is InChI=1S/C14H20N2O5/c1-14(17,8-15-10-3-4-10)9-21-12-6-5-11(16(18)19)7-13(12)20-2/h5-7,10,15,17H,3-4,8-9H2,1-2H3. The molecule has 0 radical (unpaired) electrons. The van der Waals surface area contributed by atoms with E-state index in [1.807, 2.05) is 0 Å². The number of nitrogens with one attached hydrogen (secondary N) is 1. The lowest BCUT2D eigenvalue weighted by Gasteiger charge is -2.24. The van der Waals surface area contributed by atoms with Gasteiger partial charge in [-0.1, -0.05) is 0 Å². The van der Waals surface area contributed by atoms with Crippen molar-refractivity contribution in [2.24, 2.45) is 0 Å². The Balaban J connectivity index is 1.96. The summed E-state index contributed by atoms with van der Waals surface area (Å²) in [5.41, 5.74) is -1.09. The molecule has 1 aliphatic rings. The number of hydrogen-bond donors (Lipinski definition) is 2. The van der Waals surface area contributed by atoms with Crippen LogP contribution < -0.4 is 14.8 Å². The maximum atomic E-state index is 10.7. The first-order valence-corrected chi connectivity index (χ1v) is 6.82. The molecule has 1 saturated carbocycles. The van der Waals surface area contributed by atoms with E-state index in [4.69, 9.17) is 9.47 Å². The minimum atomic E-state index is -1.02. The van der Waals surface area contributed by atoms with Crippen molar-refractivity contribution in [1.29, 1.82) is 0 Å². The zero-order valence-corrected chi connectivity index (χ0v) is 12.2. The van der Waals surface area contributed by atoms with Crippen LogP contribution >= 0.6 is 0 Å². The van der Waals surface area contributed by atoms with E-state index in [9.17, 15) is 15.2 Å². The van der Waals surface area contributed by atoms with Crippen molar-refractivity contribution in [3.05, 3.63) is 28.3 Å². The van der Waals surface area contributed by atoms with Crippen LogP contribution in [0.25, 0.3) is 0 Å². The number of benzene rings is 1. The van der Waals surface area contributed by atoms with Gasteiger partial charge in [-0.15, -0.1) is 0 Å². The molecule has 1 fully saturated rings. The van der Waals surface area contributed by atoms with E-state index < -0.39 is 10.5 Å². The third kappa shape index (κ3) is 4.57. The molecular formula is C14H20N2O5. The van der Waals surface area contributed by atoms with Crippen LogP contribution in [0.4, 0.5) is 5.69 Å². The van der Waals surface area contributed by atoms with Crippen molar-refractivity contribution >= 4 is 5.69 Å². The molecule has 0 aromatic heterocycles. The Morgan fingerprint density at radius 2 is 2.19 bits per heavy atom. The van der Waals surface area contributed by atoms with Gasteiger partial charge in [-0.3, -0.25) is 10.1 Å². The van der Waals surface area contributed by atoms with Gasteiger partial charge in [0.05, 0.1) is 18.1 Å². The highest BCUT2D eigenvalue weighted by Gasteiger charge is 2.27. The molecule has 1 unspecified atom stereocenters. The Labute approximate surface area is 123 Å². The van der Waals surface area contributed by atoms with Gasteiger partial charge in [0, 0.05) is 18.7 Å². The average molecular weight is 296 g/mol. The van der Waals surface area contributed by atoms with Crippen LogP contribution in [-0.2, 0) is 0 Å². The number of ether oxygens (including phenoxy) is 2. The zero-order chi connectivity index (χ0) is 15.5. The van der Waals surface area contributed by atoms with Gasteiger partial charge in [0.1, 0.15) is 12.2 Å². The highest BCUT2D eigenvalue weighted by atomic mass is 16.6. The number of nitro benzene ring substituents is 1. The fraction of sp³-hybridized carbons (Fsp3) is 0.571. The Hall–Kier alpha value is -1.86. The largest absolute Gasteiger partial charge is 0.493 e. The molecule has 116 valence electrons. The average Bonchev–Trinajstić information content (AvgIpc) is 3.27.